The molecule has 30 heavy (non-hydrogen) atoms. The van der Waals surface area contributed by atoms with Crippen LogP contribution in [0, 0.1) is 13.8 Å². The molecule has 4 rings (SSSR count). The van der Waals surface area contributed by atoms with E-state index >= 15 is 0 Å². The molecule has 0 saturated heterocycles. The van der Waals surface area contributed by atoms with E-state index in [2.05, 4.69) is 32.9 Å². The molecular formula is C25H24N2OS2. The number of benzene rings is 3. The highest BCUT2D eigenvalue weighted by Crippen LogP contribution is 2.32. The Morgan fingerprint density at radius 1 is 1.00 bits per heavy atom. The number of rotatable bonds is 6. The smallest absolute Gasteiger partial charge is 0.260 e. The van der Waals surface area contributed by atoms with Crippen LogP contribution in [-0.2, 0) is 6.54 Å². The van der Waals surface area contributed by atoms with E-state index in [1.165, 1.54) is 16.0 Å². The third-order valence-electron chi connectivity index (χ3n) is 5.06. The Hall–Kier alpha value is -2.63. The van der Waals surface area contributed by atoms with Gasteiger partial charge in [0.2, 0.25) is 0 Å². The van der Waals surface area contributed by atoms with Crippen molar-refractivity contribution in [1.29, 1.82) is 0 Å². The third kappa shape index (κ3) is 4.42. The van der Waals surface area contributed by atoms with Gasteiger partial charge in [0.15, 0.2) is 5.13 Å². The van der Waals surface area contributed by atoms with Crippen molar-refractivity contribution in [2.45, 2.75) is 32.2 Å². The van der Waals surface area contributed by atoms with E-state index in [0.717, 1.165) is 26.7 Å². The van der Waals surface area contributed by atoms with E-state index in [0.29, 0.717) is 12.1 Å². The molecule has 0 saturated carbocycles. The molecule has 0 aliphatic carbocycles. The van der Waals surface area contributed by atoms with Gasteiger partial charge in [-0.2, -0.15) is 0 Å². The number of anilines is 1. The van der Waals surface area contributed by atoms with Crippen molar-refractivity contribution in [1.82, 2.24) is 4.98 Å². The van der Waals surface area contributed by atoms with Crippen molar-refractivity contribution in [2.24, 2.45) is 0 Å². The number of carbonyl (C=O) groups is 1. The molecule has 0 unspecified atom stereocenters. The van der Waals surface area contributed by atoms with Gasteiger partial charge in [-0.25, -0.2) is 4.98 Å². The first-order valence-electron chi connectivity index (χ1n) is 10.0. The fourth-order valence-corrected chi connectivity index (χ4v) is 5.00. The fraction of sp³-hybridized carbons (Fsp3) is 0.200. The van der Waals surface area contributed by atoms with Gasteiger partial charge in [0.05, 0.1) is 16.8 Å². The topological polar surface area (TPSA) is 33.2 Å². The van der Waals surface area contributed by atoms with E-state index < -0.39 is 0 Å². The normalized spacial score (nSPS) is 11.0. The summed E-state index contributed by atoms with van der Waals surface area (Å²) < 4.78 is 1.11. The standard InChI is InChI=1S/C25H24N2OS2/c1-4-29-21-12-10-20(11-13-21)24(28)27(16-19-8-6-5-7-9-19)25-26-22-14-17(2)18(3)15-23(22)30-25/h5-15H,4,16H2,1-3H3. The number of thiazole rings is 1. The van der Waals surface area contributed by atoms with Gasteiger partial charge in [0.25, 0.3) is 5.91 Å². The first-order chi connectivity index (χ1) is 14.5. The number of hydrogen-bond acceptors (Lipinski definition) is 4. The molecule has 3 nitrogen and oxygen atoms in total. The van der Waals surface area contributed by atoms with Gasteiger partial charge >= 0.3 is 0 Å². The van der Waals surface area contributed by atoms with Gasteiger partial charge in [-0.05, 0) is 72.7 Å². The second kappa shape index (κ2) is 9.02. The van der Waals surface area contributed by atoms with E-state index in [9.17, 15) is 4.79 Å². The molecule has 0 aliphatic heterocycles. The van der Waals surface area contributed by atoms with Crippen LogP contribution in [0.2, 0.25) is 0 Å². The van der Waals surface area contributed by atoms with Crippen molar-refractivity contribution in [3.8, 4) is 0 Å². The van der Waals surface area contributed by atoms with Crippen LogP contribution >= 0.6 is 23.1 Å². The summed E-state index contributed by atoms with van der Waals surface area (Å²) in [6.45, 7) is 6.82. The highest BCUT2D eigenvalue weighted by Gasteiger charge is 2.22. The van der Waals surface area contributed by atoms with Crippen molar-refractivity contribution in [3.63, 3.8) is 0 Å². The third-order valence-corrected chi connectivity index (χ3v) is 7.00. The lowest BCUT2D eigenvalue weighted by molar-refractivity contribution is 0.0985. The summed E-state index contributed by atoms with van der Waals surface area (Å²) in [6.07, 6.45) is 0. The summed E-state index contributed by atoms with van der Waals surface area (Å²) in [5.41, 5.74) is 5.15. The van der Waals surface area contributed by atoms with E-state index in [1.54, 1.807) is 28.0 Å². The number of carbonyl (C=O) groups excluding carboxylic acids is 1. The first-order valence-corrected chi connectivity index (χ1v) is 11.8. The second-order valence-corrected chi connectivity index (χ2v) is 9.58. The largest absolute Gasteiger partial charge is 0.279 e. The minimum atomic E-state index is -0.0283. The monoisotopic (exact) mass is 432 g/mol. The van der Waals surface area contributed by atoms with Crippen LogP contribution in [-0.4, -0.2) is 16.6 Å². The summed E-state index contributed by atoms with van der Waals surface area (Å²) in [5.74, 6) is 0.984. The zero-order chi connectivity index (χ0) is 21.1. The summed E-state index contributed by atoms with van der Waals surface area (Å²) in [6, 6.07) is 22.2. The maximum Gasteiger partial charge on any atom is 0.260 e. The lowest BCUT2D eigenvalue weighted by Crippen LogP contribution is -2.30. The average molecular weight is 433 g/mol. The summed E-state index contributed by atoms with van der Waals surface area (Å²) in [4.78, 5) is 21.3. The van der Waals surface area contributed by atoms with Crippen molar-refractivity contribution in [3.05, 3.63) is 89.0 Å². The predicted octanol–water partition coefficient (Wildman–Crippen LogP) is 6.87. The maximum atomic E-state index is 13.5. The van der Waals surface area contributed by atoms with Crippen LogP contribution in [0.3, 0.4) is 0 Å². The quantitative estimate of drug-likeness (QED) is 0.312. The molecule has 0 bridgehead atoms. The lowest BCUT2D eigenvalue weighted by Gasteiger charge is -2.20. The Kier molecular flexibility index (Phi) is 6.21. The molecule has 0 aliphatic rings. The number of nitrogens with zero attached hydrogens (tertiary/aromatic N) is 2. The summed E-state index contributed by atoms with van der Waals surface area (Å²) in [7, 11) is 0. The minimum absolute atomic E-state index is 0.0283. The van der Waals surface area contributed by atoms with Crippen LogP contribution in [0.25, 0.3) is 10.2 Å². The van der Waals surface area contributed by atoms with Crippen LogP contribution in [0.4, 0.5) is 5.13 Å². The van der Waals surface area contributed by atoms with Crippen molar-refractivity contribution in [2.75, 3.05) is 10.7 Å². The second-order valence-electron chi connectivity index (χ2n) is 7.23. The Bertz CT molecular complexity index is 1130. The minimum Gasteiger partial charge on any atom is -0.279 e. The molecule has 1 amide bonds. The number of fused-ring (bicyclic) bond motifs is 1. The van der Waals surface area contributed by atoms with Crippen LogP contribution in [0.5, 0.6) is 0 Å². The van der Waals surface area contributed by atoms with Gasteiger partial charge in [-0.3, -0.25) is 9.69 Å². The Labute approximate surface area is 185 Å². The molecule has 3 aromatic carbocycles. The molecule has 1 heterocycles. The molecule has 5 heteroatoms. The molecular weight excluding hydrogens is 408 g/mol. The Morgan fingerprint density at radius 2 is 1.70 bits per heavy atom. The number of aryl methyl sites for hydroxylation is 2. The molecule has 0 fully saturated rings. The highest BCUT2D eigenvalue weighted by molar-refractivity contribution is 7.99. The molecule has 0 spiro atoms. The van der Waals surface area contributed by atoms with Gasteiger partial charge < -0.3 is 0 Å². The lowest BCUT2D eigenvalue weighted by atomic mass is 10.1. The predicted molar refractivity (Wildman–Crippen MR) is 129 cm³/mol. The van der Waals surface area contributed by atoms with Gasteiger partial charge in [-0.15, -0.1) is 11.8 Å². The zero-order valence-electron chi connectivity index (χ0n) is 17.4. The van der Waals surface area contributed by atoms with Crippen LogP contribution < -0.4 is 4.90 Å². The fourth-order valence-electron chi connectivity index (χ4n) is 3.29. The van der Waals surface area contributed by atoms with Gasteiger partial charge in [0, 0.05) is 10.5 Å². The molecule has 4 aromatic rings. The summed E-state index contributed by atoms with van der Waals surface area (Å²) in [5, 5.41) is 0.732. The maximum absolute atomic E-state index is 13.5. The number of aromatic nitrogens is 1. The van der Waals surface area contributed by atoms with E-state index in [4.69, 9.17) is 4.98 Å². The first kappa shape index (κ1) is 20.6. The molecule has 1 aromatic heterocycles. The van der Waals surface area contributed by atoms with E-state index in [-0.39, 0.29) is 5.91 Å². The van der Waals surface area contributed by atoms with Crippen molar-refractivity contribution >= 4 is 44.4 Å². The van der Waals surface area contributed by atoms with Crippen LogP contribution in [0.1, 0.15) is 34.0 Å². The summed E-state index contributed by atoms with van der Waals surface area (Å²) >= 11 is 3.35. The van der Waals surface area contributed by atoms with Gasteiger partial charge in [0.1, 0.15) is 0 Å². The van der Waals surface area contributed by atoms with Gasteiger partial charge in [-0.1, -0.05) is 48.6 Å². The van der Waals surface area contributed by atoms with Crippen molar-refractivity contribution < 1.29 is 4.79 Å². The van der Waals surface area contributed by atoms with Crippen LogP contribution in [0.15, 0.2) is 71.6 Å². The highest BCUT2D eigenvalue weighted by atomic mass is 32.2. The molecule has 0 radical (unpaired) electrons. The SMILES string of the molecule is CCSc1ccc(C(=O)N(Cc2ccccc2)c2nc3cc(C)c(C)cc3s2)cc1. The Balaban J connectivity index is 1.73. The Morgan fingerprint density at radius 3 is 2.40 bits per heavy atom. The molecule has 152 valence electrons. The molecule has 0 atom stereocenters. The molecule has 0 N–H and O–H groups in total. The number of thioether (sulfide) groups is 1. The average Bonchev–Trinajstić information content (AvgIpc) is 3.15. The number of hydrogen-bond donors (Lipinski definition) is 0. The van der Waals surface area contributed by atoms with E-state index in [1.807, 2.05) is 54.6 Å². The zero-order valence-corrected chi connectivity index (χ0v) is 19.0. The number of amides is 1.